The van der Waals surface area contributed by atoms with Gasteiger partial charge in [-0.2, -0.15) is 0 Å². The van der Waals surface area contributed by atoms with Gasteiger partial charge in [0, 0.05) is 36.7 Å². The lowest BCUT2D eigenvalue weighted by Gasteiger charge is -2.40. The number of hydrogen-bond acceptors (Lipinski definition) is 5. The number of halogens is 1. The highest BCUT2D eigenvalue weighted by Crippen LogP contribution is 2.36. The van der Waals surface area contributed by atoms with E-state index in [1.54, 1.807) is 9.80 Å². The maximum atomic E-state index is 14.6. The number of carbonyl (C=O) groups excluding carboxylic acids is 2. The fraction of sp³-hybridized carbons (Fsp3) is 0.652. The standard InChI is InChI=1S/C23H34BFN2O5/c1-15-14-26(11-12-27(15)20(29)30-21(2,3)4)19(28)16-9-10-18(25)17(13-16)24-31-22(5,6)23(7,8)32-24/h9-10,13,15H,11-12,14H2,1-8H3/t15-/m0/s1. The lowest BCUT2D eigenvalue weighted by atomic mass is 9.78. The minimum absolute atomic E-state index is 0.203. The van der Waals surface area contributed by atoms with Crippen molar-refractivity contribution in [3.8, 4) is 0 Å². The minimum Gasteiger partial charge on any atom is -0.444 e. The Bertz CT molecular complexity index is 883. The number of ether oxygens (including phenoxy) is 1. The molecule has 2 heterocycles. The van der Waals surface area contributed by atoms with Gasteiger partial charge in [0.15, 0.2) is 0 Å². The van der Waals surface area contributed by atoms with Crippen LogP contribution in [0.1, 0.15) is 65.7 Å². The van der Waals surface area contributed by atoms with Crippen LogP contribution in [-0.4, -0.2) is 71.4 Å². The van der Waals surface area contributed by atoms with Gasteiger partial charge < -0.3 is 23.8 Å². The van der Waals surface area contributed by atoms with E-state index in [2.05, 4.69) is 0 Å². The Morgan fingerprint density at radius 1 is 1.12 bits per heavy atom. The van der Waals surface area contributed by atoms with E-state index in [0.717, 1.165) is 0 Å². The first-order valence-electron chi connectivity index (χ1n) is 11.1. The van der Waals surface area contributed by atoms with Gasteiger partial charge in [0.05, 0.1) is 11.2 Å². The third-order valence-corrected chi connectivity index (χ3v) is 6.29. The Morgan fingerprint density at radius 2 is 1.72 bits per heavy atom. The lowest BCUT2D eigenvalue weighted by molar-refractivity contribution is 0.00198. The molecular weight excluding hydrogens is 414 g/mol. The van der Waals surface area contributed by atoms with E-state index < -0.39 is 29.7 Å². The van der Waals surface area contributed by atoms with Crippen LogP contribution in [0.25, 0.3) is 0 Å². The molecular formula is C23H34BFN2O5. The van der Waals surface area contributed by atoms with Crippen molar-refractivity contribution in [1.29, 1.82) is 0 Å². The number of nitrogens with zero attached hydrogens (tertiary/aromatic N) is 2. The van der Waals surface area contributed by atoms with Crippen LogP contribution in [0.5, 0.6) is 0 Å². The zero-order valence-electron chi connectivity index (χ0n) is 20.3. The van der Waals surface area contributed by atoms with Crippen LogP contribution in [0, 0.1) is 5.82 Å². The van der Waals surface area contributed by atoms with Crippen molar-refractivity contribution in [3.05, 3.63) is 29.6 Å². The zero-order valence-corrected chi connectivity index (χ0v) is 20.3. The summed E-state index contributed by atoms with van der Waals surface area (Å²) in [6.45, 7) is 16.0. The Labute approximate surface area is 190 Å². The molecule has 2 aliphatic rings. The van der Waals surface area contributed by atoms with E-state index in [0.29, 0.717) is 25.2 Å². The highest BCUT2D eigenvalue weighted by molar-refractivity contribution is 6.62. The summed E-state index contributed by atoms with van der Waals surface area (Å²) in [5, 5.41) is 0. The van der Waals surface area contributed by atoms with Crippen LogP contribution in [0.2, 0.25) is 0 Å². The Morgan fingerprint density at radius 3 is 2.25 bits per heavy atom. The third kappa shape index (κ3) is 4.93. The summed E-state index contributed by atoms with van der Waals surface area (Å²) in [4.78, 5) is 28.9. The average Bonchev–Trinajstić information content (AvgIpc) is 2.87. The minimum atomic E-state index is -0.893. The van der Waals surface area contributed by atoms with E-state index in [9.17, 15) is 14.0 Å². The van der Waals surface area contributed by atoms with Gasteiger partial charge in [-0.1, -0.05) is 0 Å². The van der Waals surface area contributed by atoms with Gasteiger partial charge in [-0.25, -0.2) is 9.18 Å². The summed E-state index contributed by atoms with van der Waals surface area (Å²) in [7, 11) is -0.893. The van der Waals surface area contributed by atoms with Crippen molar-refractivity contribution in [1.82, 2.24) is 9.80 Å². The molecule has 2 fully saturated rings. The van der Waals surface area contributed by atoms with Crippen LogP contribution in [0.15, 0.2) is 18.2 Å². The molecule has 9 heteroatoms. The SMILES string of the molecule is C[C@H]1CN(C(=O)c2ccc(F)c(B3OC(C)(C)C(C)(C)O3)c2)CCN1C(=O)OC(C)(C)C. The third-order valence-electron chi connectivity index (χ3n) is 6.29. The molecule has 2 saturated heterocycles. The summed E-state index contributed by atoms with van der Waals surface area (Å²) >= 11 is 0. The van der Waals surface area contributed by atoms with E-state index in [1.165, 1.54) is 18.2 Å². The first-order valence-corrected chi connectivity index (χ1v) is 11.1. The number of piperazine rings is 1. The van der Waals surface area contributed by atoms with Gasteiger partial charge >= 0.3 is 13.2 Å². The molecule has 0 bridgehead atoms. The fourth-order valence-corrected chi connectivity index (χ4v) is 3.74. The van der Waals surface area contributed by atoms with Crippen molar-refractivity contribution < 1.29 is 28.0 Å². The highest BCUT2D eigenvalue weighted by atomic mass is 19.1. The lowest BCUT2D eigenvalue weighted by Crippen LogP contribution is -2.56. The summed E-state index contributed by atoms with van der Waals surface area (Å²) < 4.78 is 32.0. The van der Waals surface area contributed by atoms with E-state index in [4.69, 9.17) is 14.0 Å². The molecule has 1 aromatic rings. The van der Waals surface area contributed by atoms with Crippen molar-refractivity contribution in [2.45, 2.75) is 78.2 Å². The van der Waals surface area contributed by atoms with Crippen LogP contribution in [0.3, 0.4) is 0 Å². The average molecular weight is 448 g/mol. The molecule has 2 amide bonds. The topological polar surface area (TPSA) is 68.3 Å². The van der Waals surface area contributed by atoms with Crippen LogP contribution < -0.4 is 5.46 Å². The second kappa shape index (κ2) is 8.34. The smallest absolute Gasteiger partial charge is 0.444 e. The molecule has 0 unspecified atom stereocenters. The molecule has 0 spiro atoms. The zero-order chi connectivity index (χ0) is 24.1. The maximum absolute atomic E-state index is 14.6. The van der Waals surface area contributed by atoms with Gasteiger partial charge in [0.2, 0.25) is 0 Å². The monoisotopic (exact) mass is 448 g/mol. The molecule has 0 saturated carbocycles. The first-order chi connectivity index (χ1) is 14.6. The molecule has 32 heavy (non-hydrogen) atoms. The predicted octanol–water partition coefficient (Wildman–Crippen LogP) is 3.21. The molecule has 7 nitrogen and oxygen atoms in total. The van der Waals surface area contributed by atoms with Crippen molar-refractivity contribution in [2.24, 2.45) is 0 Å². The predicted molar refractivity (Wildman–Crippen MR) is 120 cm³/mol. The Balaban J connectivity index is 1.73. The first kappa shape index (κ1) is 24.5. The van der Waals surface area contributed by atoms with Crippen molar-refractivity contribution in [3.63, 3.8) is 0 Å². The number of benzene rings is 1. The second-order valence-corrected chi connectivity index (χ2v) is 10.6. The maximum Gasteiger partial charge on any atom is 0.497 e. The fourth-order valence-electron chi connectivity index (χ4n) is 3.74. The van der Waals surface area contributed by atoms with Crippen molar-refractivity contribution >= 4 is 24.6 Å². The second-order valence-electron chi connectivity index (χ2n) is 10.6. The quantitative estimate of drug-likeness (QED) is 0.651. The largest absolute Gasteiger partial charge is 0.497 e. The molecule has 0 radical (unpaired) electrons. The summed E-state index contributed by atoms with van der Waals surface area (Å²) in [6.07, 6.45) is -0.387. The number of amides is 2. The highest BCUT2D eigenvalue weighted by Gasteiger charge is 2.52. The summed E-state index contributed by atoms with van der Waals surface area (Å²) in [5.74, 6) is -0.707. The molecule has 3 rings (SSSR count). The van der Waals surface area contributed by atoms with Gasteiger partial charge in [-0.15, -0.1) is 0 Å². The summed E-state index contributed by atoms with van der Waals surface area (Å²) in [5.41, 5.74) is -1.25. The van der Waals surface area contributed by atoms with Crippen molar-refractivity contribution in [2.75, 3.05) is 19.6 Å². The number of rotatable bonds is 2. The molecule has 0 N–H and O–H groups in total. The van der Waals surface area contributed by atoms with Gasteiger partial charge in [0.1, 0.15) is 11.4 Å². The Hall–Kier alpha value is -2.13. The van der Waals surface area contributed by atoms with Crippen LogP contribution in [-0.2, 0) is 14.0 Å². The normalized spacial score (nSPS) is 22.8. The van der Waals surface area contributed by atoms with Gasteiger partial charge in [0.25, 0.3) is 5.91 Å². The number of hydrogen-bond donors (Lipinski definition) is 0. The molecule has 0 aliphatic carbocycles. The van der Waals surface area contributed by atoms with Crippen LogP contribution in [0.4, 0.5) is 9.18 Å². The van der Waals surface area contributed by atoms with Gasteiger partial charge in [-0.3, -0.25) is 4.79 Å². The van der Waals surface area contributed by atoms with E-state index >= 15 is 0 Å². The van der Waals surface area contributed by atoms with Crippen LogP contribution >= 0.6 is 0 Å². The molecule has 2 aliphatic heterocycles. The molecule has 1 aromatic carbocycles. The summed E-state index contributed by atoms with van der Waals surface area (Å²) in [6, 6.07) is 4.04. The van der Waals surface area contributed by atoms with Gasteiger partial charge in [-0.05, 0) is 73.6 Å². The van der Waals surface area contributed by atoms with E-state index in [1.807, 2.05) is 55.4 Å². The van der Waals surface area contributed by atoms with E-state index in [-0.39, 0.29) is 23.5 Å². The molecule has 1 atom stereocenters. The Kier molecular flexibility index (Phi) is 6.39. The number of carbonyl (C=O) groups is 2. The molecule has 176 valence electrons. The molecule has 0 aromatic heterocycles.